The topological polar surface area (TPSA) is 72.8 Å². The Morgan fingerprint density at radius 3 is 2.62 bits per heavy atom. The van der Waals surface area contributed by atoms with Crippen molar-refractivity contribution >= 4 is 18.0 Å². The monoisotopic (exact) mass is 185 g/mol. The number of carbonyl (C=O) groups is 2. The molecule has 0 aromatic carbocycles. The van der Waals surface area contributed by atoms with E-state index in [-0.39, 0.29) is 6.42 Å². The van der Waals surface area contributed by atoms with Gasteiger partial charge >= 0.3 is 5.97 Å². The fraction of sp³-hybridized carbons (Fsp3) is 0.625. The summed E-state index contributed by atoms with van der Waals surface area (Å²) in [6.07, 6.45) is 0.990. The van der Waals surface area contributed by atoms with Gasteiger partial charge in [-0.25, -0.2) is 4.79 Å². The number of rotatable bonds is 4. The van der Waals surface area contributed by atoms with Crippen molar-refractivity contribution in [2.45, 2.75) is 32.8 Å². The zero-order valence-corrected chi connectivity index (χ0v) is 7.57. The van der Waals surface area contributed by atoms with E-state index in [1.165, 1.54) is 6.92 Å². The minimum atomic E-state index is -1.000. The van der Waals surface area contributed by atoms with E-state index in [0.717, 1.165) is 6.08 Å². The smallest absolute Gasteiger partial charge is 0.306 e. The molecule has 0 spiro atoms. The summed E-state index contributed by atoms with van der Waals surface area (Å²) in [4.78, 5) is 34.1. The van der Waals surface area contributed by atoms with E-state index < -0.39 is 18.0 Å². The van der Waals surface area contributed by atoms with Crippen molar-refractivity contribution in [3.8, 4) is 0 Å². The first-order valence-electron chi connectivity index (χ1n) is 3.93. The van der Waals surface area contributed by atoms with Crippen molar-refractivity contribution in [2.24, 2.45) is 4.99 Å². The van der Waals surface area contributed by atoms with Crippen LogP contribution in [-0.4, -0.2) is 24.1 Å². The lowest BCUT2D eigenvalue weighted by atomic mass is 10.3. The first kappa shape index (κ1) is 11.5. The van der Waals surface area contributed by atoms with Crippen LogP contribution in [0.15, 0.2) is 4.99 Å². The molecule has 0 aliphatic carbocycles. The molecule has 1 atom stereocenters. The lowest BCUT2D eigenvalue weighted by Gasteiger charge is -2.07. The van der Waals surface area contributed by atoms with Crippen LogP contribution in [0.3, 0.4) is 0 Å². The van der Waals surface area contributed by atoms with Gasteiger partial charge in [0, 0.05) is 6.42 Å². The van der Waals surface area contributed by atoms with Gasteiger partial charge < -0.3 is 4.74 Å². The molecule has 0 N–H and O–H groups in total. The van der Waals surface area contributed by atoms with Gasteiger partial charge in [-0.3, -0.25) is 9.59 Å². The second-order valence-corrected chi connectivity index (χ2v) is 2.42. The van der Waals surface area contributed by atoms with E-state index in [4.69, 9.17) is 0 Å². The van der Waals surface area contributed by atoms with E-state index >= 15 is 0 Å². The molecule has 5 heteroatoms. The molecule has 0 aliphatic rings. The standard InChI is InChI=1S/C8H11NO4/c1-3-4-7(11)13-6(2)8(12)9-5-10/h6H,3-4H2,1-2H3. The number of esters is 1. The second kappa shape index (κ2) is 6.08. The van der Waals surface area contributed by atoms with E-state index in [0.29, 0.717) is 6.42 Å². The Labute approximate surface area is 75.8 Å². The zero-order valence-electron chi connectivity index (χ0n) is 7.57. The van der Waals surface area contributed by atoms with Crippen molar-refractivity contribution < 1.29 is 19.1 Å². The third-order valence-electron chi connectivity index (χ3n) is 1.27. The summed E-state index contributed by atoms with van der Waals surface area (Å²) in [7, 11) is 0. The van der Waals surface area contributed by atoms with Gasteiger partial charge in [0.15, 0.2) is 6.10 Å². The van der Waals surface area contributed by atoms with Crippen molar-refractivity contribution in [2.75, 3.05) is 0 Å². The van der Waals surface area contributed by atoms with Gasteiger partial charge in [-0.15, -0.1) is 4.99 Å². The molecule has 0 aromatic heterocycles. The molecule has 13 heavy (non-hydrogen) atoms. The predicted octanol–water partition coefficient (Wildman–Crippen LogP) is 0.581. The number of nitrogens with zero attached hydrogens (tertiary/aromatic N) is 1. The van der Waals surface area contributed by atoms with Gasteiger partial charge in [-0.05, 0) is 13.3 Å². The Balaban J connectivity index is 3.99. The van der Waals surface area contributed by atoms with E-state index in [2.05, 4.69) is 9.73 Å². The van der Waals surface area contributed by atoms with Gasteiger partial charge in [-0.1, -0.05) is 6.92 Å². The molecule has 1 amide bonds. The van der Waals surface area contributed by atoms with Crippen molar-refractivity contribution in [3.05, 3.63) is 0 Å². The molecule has 0 saturated carbocycles. The molecule has 0 aromatic rings. The first-order valence-corrected chi connectivity index (χ1v) is 3.93. The largest absolute Gasteiger partial charge is 0.452 e. The molecule has 0 saturated heterocycles. The van der Waals surface area contributed by atoms with Crippen LogP contribution in [0.5, 0.6) is 0 Å². The summed E-state index contributed by atoms with van der Waals surface area (Å²) in [6, 6.07) is 0. The summed E-state index contributed by atoms with van der Waals surface area (Å²) >= 11 is 0. The summed E-state index contributed by atoms with van der Waals surface area (Å²) in [6.45, 7) is 3.17. The maximum Gasteiger partial charge on any atom is 0.306 e. The van der Waals surface area contributed by atoms with Gasteiger partial charge in [-0.2, -0.15) is 0 Å². The normalized spacial score (nSPS) is 11.2. The summed E-state index contributed by atoms with van der Waals surface area (Å²) in [5.74, 6) is -1.26. The lowest BCUT2D eigenvalue weighted by molar-refractivity contribution is -0.153. The number of aliphatic imine (C=N–C) groups is 1. The van der Waals surface area contributed by atoms with Crippen LogP contribution in [0.1, 0.15) is 26.7 Å². The number of hydrogen-bond acceptors (Lipinski definition) is 4. The number of isocyanates is 1. The molecule has 1 unspecified atom stereocenters. The first-order chi connectivity index (χ1) is 6.11. The summed E-state index contributed by atoms with van der Waals surface area (Å²) < 4.78 is 4.64. The van der Waals surface area contributed by atoms with Gasteiger partial charge in [0.2, 0.25) is 6.08 Å². The van der Waals surface area contributed by atoms with E-state index in [9.17, 15) is 14.4 Å². The average Bonchev–Trinajstić information content (AvgIpc) is 2.05. The average molecular weight is 185 g/mol. The molecule has 5 nitrogen and oxygen atoms in total. The minimum Gasteiger partial charge on any atom is -0.452 e. The lowest BCUT2D eigenvalue weighted by Crippen LogP contribution is -2.22. The number of amides is 1. The highest BCUT2D eigenvalue weighted by Crippen LogP contribution is 1.98. The highest BCUT2D eigenvalue weighted by Gasteiger charge is 2.16. The second-order valence-electron chi connectivity index (χ2n) is 2.42. The highest BCUT2D eigenvalue weighted by atomic mass is 16.5. The molecule has 0 bridgehead atoms. The molecular formula is C8H11NO4. The molecular weight excluding hydrogens is 174 g/mol. The fourth-order valence-electron chi connectivity index (χ4n) is 0.647. The van der Waals surface area contributed by atoms with Crippen LogP contribution >= 0.6 is 0 Å². The van der Waals surface area contributed by atoms with Gasteiger partial charge in [0.05, 0.1) is 0 Å². The Hall–Kier alpha value is -1.48. The van der Waals surface area contributed by atoms with Crippen LogP contribution < -0.4 is 0 Å². The maximum atomic E-state index is 10.8. The predicted molar refractivity (Wildman–Crippen MR) is 43.6 cm³/mol. The fourth-order valence-corrected chi connectivity index (χ4v) is 0.647. The minimum absolute atomic E-state index is 0.252. The Morgan fingerprint density at radius 2 is 2.15 bits per heavy atom. The van der Waals surface area contributed by atoms with Gasteiger partial charge in [0.1, 0.15) is 0 Å². The number of hydrogen-bond donors (Lipinski definition) is 0. The molecule has 72 valence electrons. The molecule has 0 radical (unpaired) electrons. The van der Waals surface area contributed by atoms with Gasteiger partial charge in [0.25, 0.3) is 5.91 Å². The maximum absolute atomic E-state index is 10.8. The Bertz CT molecular complexity index is 243. The van der Waals surface area contributed by atoms with Crippen LogP contribution in [0, 0.1) is 0 Å². The van der Waals surface area contributed by atoms with Crippen LogP contribution in [0.25, 0.3) is 0 Å². The number of carbonyl (C=O) groups excluding carboxylic acids is 3. The Kier molecular flexibility index (Phi) is 5.39. The molecule has 0 fully saturated rings. The third kappa shape index (κ3) is 4.87. The molecule has 0 aliphatic heterocycles. The van der Waals surface area contributed by atoms with E-state index in [1.807, 2.05) is 6.92 Å². The van der Waals surface area contributed by atoms with Crippen molar-refractivity contribution in [1.82, 2.24) is 0 Å². The summed E-state index contributed by atoms with van der Waals surface area (Å²) in [5.41, 5.74) is 0. The number of ether oxygens (including phenoxy) is 1. The SMILES string of the molecule is CCCC(=O)OC(C)C(=O)N=C=O. The molecule has 0 heterocycles. The van der Waals surface area contributed by atoms with E-state index in [1.54, 1.807) is 0 Å². The third-order valence-corrected chi connectivity index (χ3v) is 1.27. The highest BCUT2D eigenvalue weighted by molar-refractivity contribution is 5.87. The van der Waals surface area contributed by atoms with Crippen molar-refractivity contribution in [3.63, 3.8) is 0 Å². The van der Waals surface area contributed by atoms with Crippen LogP contribution in [0.2, 0.25) is 0 Å². The zero-order chi connectivity index (χ0) is 10.3. The molecule has 0 rings (SSSR count). The quantitative estimate of drug-likeness (QED) is 0.365. The van der Waals surface area contributed by atoms with Crippen molar-refractivity contribution in [1.29, 1.82) is 0 Å². The van der Waals surface area contributed by atoms with Crippen LogP contribution in [0.4, 0.5) is 0 Å². The van der Waals surface area contributed by atoms with Crippen LogP contribution in [-0.2, 0) is 19.1 Å². The summed E-state index contributed by atoms with van der Waals surface area (Å²) in [5, 5.41) is 0. The Morgan fingerprint density at radius 1 is 1.54 bits per heavy atom.